The van der Waals surface area contributed by atoms with Crippen molar-refractivity contribution in [3.63, 3.8) is 0 Å². The van der Waals surface area contributed by atoms with Crippen LogP contribution in [0.25, 0.3) is 0 Å². The van der Waals surface area contributed by atoms with Crippen LogP contribution in [0.3, 0.4) is 0 Å². The van der Waals surface area contributed by atoms with Gasteiger partial charge in [-0.3, -0.25) is 0 Å². The fraction of sp³-hybridized carbons (Fsp3) is 0.857. The Kier molecular flexibility index (Phi) is 6.70. The number of hydrogen-bond donors (Lipinski definition) is 1. The van der Waals surface area contributed by atoms with Crippen LogP contribution in [0, 0.1) is 30.2 Å². The molecule has 2 saturated carbocycles. The summed E-state index contributed by atoms with van der Waals surface area (Å²) in [4.78, 5) is 0. The van der Waals surface area contributed by atoms with E-state index in [1.807, 2.05) is 0 Å². The summed E-state index contributed by atoms with van der Waals surface area (Å²) in [7, 11) is 0. The molecule has 0 spiro atoms. The summed E-state index contributed by atoms with van der Waals surface area (Å²) in [6, 6.07) is 0. The lowest BCUT2D eigenvalue weighted by Gasteiger charge is -2.40. The van der Waals surface area contributed by atoms with Gasteiger partial charge in [0.25, 0.3) is 0 Å². The molecule has 0 aromatic heterocycles. The average Bonchev–Trinajstić information content (AvgIpc) is 2.47. The van der Waals surface area contributed by atoms with Crippen LogP contribution in [0.2, 0.25) is 0 Å². The summed E-state index contributed by atoms with van der Waals surface area (Å²) in [6.07, 6.45) is 25.4. The van der Waals surface area contributed by atoms with E-state index in [4.69, 9.17) is 0 Å². The molecular formula is C21H36N. The minimum atomic E-state index is 0.799. The maximum atomic E-state index is 3.46. The van der Waals surface area contributed by atoms with E-state index in [0.29, 0.717) is 0 Å². The van der Waals surface area contributed by atoms with Crippen LogP contribution in [0.1, 0.15) is 89.9 Å². The van der Waals surface area contributed by atoms with Crippen molar-refractivity contribution in [3.05, 3.63) is 18.8 Å². The minimum absolute atomic E-state index is 0.799. The summed E-state index contributed by atoms with van der Waals surface area (Å²) in [5.74, 6) is 3.51. The Balaban J connectivity index is 1.65. The molecule has 1 nitrogen and oxygen atoms in total. The fourth-order valence-corrected chi connectivity index (χ4v) is 5.24. The Morgan fingerprint density at radius 1 is 0.545 bits per heavy atom. The maximum Gasteiger partial charge on any atom is 0.0496 e. The first-order valence-electron chi connectivity index (χ1n) is 10.2. The van der Waals surface area contributed by atoms with Gasteiger partial charge in [0.1, 0.15) is 0 Å². The van der Waals surface area contributed by atoms with E-state index in [2.05, 4.69) is 24.1 Å². The Morgan fingerprint density at radius 2 is 1.00 bits per heavy atom. The van der Waals surface area contributed by atoms with Crippen molar-refractivity contribution < 1.29 is 0 Å². The zero-order chi connectivity index (χ0) is 15.0. The van der Waals surface area contributed by atoms with Gasteiger partial charge in [0, 0.05) is 6.54 Å². The van der Waals surface area contributed by atoms with Crippen LogP contribution < -0.4 is 5.32 Å². The summed E-state index contributed by atoms with van der Waals surface area (Å²) < 4.78 is 0. The molecule has 2 unspecified atom stereocenters. The third kappa shape index (κ3) is 4.52. The monoisotopic (exact) mass is 302 g/mol. The van der Waals surface area contributed by atoms with Crippen LogP contribution in [0.15, 0.2) is 12.3 Å². The van der Waals surface area contributed by atoms with Crippen molar-refractivity contribution in [3.8, 4) is 0 Å². The second kappa shape index (κ2) is 8.99. The SMILES string of the molecule is [CH]1NC=CC(C2CCCCCCC2)C1C1CCCCCCC1. The highest BCUT2D eigenvalue weighted by atomic mass is 14.9. The Hall–Kier alpha value is -0.460. The maximum absolute atomic E-state index is 3.46. The van der Waals surface area contributed by atoms with E-state index in [-0.39, 0.29) is 0 Å². The zero-order valence-corrected chi connectivity index (χ0v) is 14.4. The van der Waals surface area contributed by atoms with Crippen molar-refractivity contribution >= 4 is 0 Å². The molecule has 0 bridgehead atoms. The highest BCUT2D eigenvalue weighted by Crippen LogP contribution is 2.42. The average molecular weight is 303 g/mol. The topological polar surface area (TPSA) is 12.0 Å². The molecule has 1 N–H and O–H groups in total. The van der Waals surface area contributed by atoms with Gasteiger partial charge < -0.3 is 5.32 Å². The Bertz CT molecular complexity index is 319. The molecule has 3 rings (SSSR count). The predicted molar refractivity (Wildman–Crippen MR) is 95.2 cm³/mol. The Morgan fingerprint density at radius 3 is 1.55 bits per heavy atom. The van der Waals surface area contributed by atoms with Crippen LogP contribution in [-0.2, 0) is 0 Å². The lowest BCUT2D eigenvalue weighted by molar-refractivity contribution is 0.165. The van der Waals surface area contributed by atoms with Crippen molar-refractivity contribution in [2.75, 3.05) is 0 Å². The number of rotatable bonds is 2. The van der Waals surface area contributed by atoms with Gasteiger partial charge in [-0.2, -0.15) is 0 Å². The van der Waals surface area contributed by atoms with Gasteiger partial charge in [-0.05, 0) is 42.7 Å². The minimum Gasteiger partial charge on any atom is -0.386 e. The van der Waals surface area contributed by atoms with Gasteiger partial charge in [-0.15, -0.1) is 0 Å². The first-order chi connectivity index (χ1) is 10.9. The second-order valence-corrected chi connectivity index (χ2v) is 8.06. The smallest absolute Gasteiger partial charge is 0.0496 e. The van der Waals surface area contributed by atoms with E-state index in [9.17, 15) is 0 Å². The first kappa shape index (κ1) is 16.4. The highest BCUT2D eigenvalue weighted by molar-refractivity contribution is 5.05. The molecule has 2 atom stereocenters. The van der Waals surface area contributed by atoms with Gasteiger partial charge in [0.2, 0.25) is 0 Å². The number of hydrogen-bond acceptors (Lipinski definition) is 1. The molecule has 1 aliphatic heterocycles. The van der Waals surface area contributed by atoms with Crippen molar-refractivity contribution in [2.45, 2.75) is 89.9 Å². The molecule has 1 radical (unpaired) electrons. The van der Waals surface area contributed by atoms with Gasteiger partial charge in [-0.1, -0.05) is 83.1 Å². The lowest BCUT2D eigenvalue weighted by Crippen LogP contribution is -2.35. The van der Waals surface area contributed by atoms with Gasteiger partial charge >= 0.3 is 0 Å². The van der Waals surface area contributed by atoms with Crippen LogP contribution in [-0.4, -0.2) is 0 Å². The molecule has 0 aromatic carbocycles. The van der Waals surface area contributed by atoms with Crippen molar-refractivity contribution in [1.82, 2.24) is 5.32 Å². The largest absolute Gasteiger partial charge is 0.386 e. The molecule has 2 aliphatic carbocycles. The molecule has 0 saturated heterocycles. The highest BCUT2D eigenvalue weighted by Gasteiger charge is 2.34. The van der Waals surface area contributed by atoms with Crippen molar-refractivity contribution in [1.29, 1.82) is 0 Å². The number of allylic oxidation sites excluding steroid dienone is 1. The zero-order valence-electron chi connectivity index (χ0n) is 14.4. The van der Waals surface area contributed by atoms with Gasteiger partial charge in [0.15, 0.2) is 0 Å². The Labute approximate surface area is 138 Å². The van der Waals surface area contributed by atoms with Crippen LogP contribution >= 0.6 is 0 Å². The molecule has 125 valence electrons. The summed E-state index contributed by atoms with van der Waals surface area (Å²) >= 11 is 0. The summed E-state index contributed by atoms with van der Waals surface area (Å²) in [6.45, 7) is 2.47. The van der Waals surface area contributed by atoms with Gasteiger partial charge in [-0.25, -0.2) is 0 Å². The van der Waals surface area contributed by atoms with Gasteiger partial charge in [0.05, 0.1) is 0 Å². The second-order valence-electron chi connectivity index (χ2n) is 8.06. The molecule has 0 amide bonds. The lowest BCUT2D eigenvalue weighted by atomic mass is 9.67. The molecule has 1 heterocycles. The fourth-order valence-electron chi connectivity index (χ4n) is 5.24. The normalized spacial score (nSPS) is 33.3. The van der Waals surface area contributed by atoms with E-state index in [1.165, 1.54) is 89.9 Å². The quantitative estimate of drug-likeness (QED) is 0.638. The number of nitrogens with one attached hydrogen (secondary N) is 1. The third-order valence-corrected chi connectivity index (χ3v) is 6.54. The predicted octanol–water partition coefficient (Wildman–Crippen LogP) is 6.22. The van der Waals surface area contributed by atoms with Crippen LogP contribution in [0.5, 0.6) is 0 Å². The third-order valence-electron chi connectivity index (χ3n) is 6.54. The molecule has 22 heavy (non-hydrogen) atoms. The molecule has 3 aliphatic rings. The molecule has 1 heteroatoms. The molecular weight excluding hydrogens is 266 g/mol. The van der Waals surface area contributed by atoms with E-state index in [0.717, 1.165) is 23.7 Å². The molecule has 0 aromatic rings. The van der Waals surface area contributed by atoms with Crippen molar-refractivity contribution in [2.24, 2.45) is 23.7 Å². The summed E-state index contributed by atoms with van der Waals surface area (Å²) in [5.41, 5.74) is 0. The van der Waals surface area contributed by atoms with Crippen LogP contribution in [0.4, 0.5) is 0 Å². The van der Waals surface area contributed by atoms with E-state index < -0.39 is 0 Å². The standard InChI is InChI=1S/C21H36N/c1-3-7-11-18(12-8-4-1)20-15-16-22-17-21(20)19-13-9-5-2-6-10-14-19/h15-22H,1-14H2. The molecule has 2 fully saturated rings. The first-order valence-corrected chi connectivity index (χ1v) is 10.2. The van der Waals surface area contributed by atoms with E-state index in [1.54, 1.807) is 0 Å². The van der Waals surface area contributed by atoms with E-state index >= 15 is 0 Å². The summed E-state index contributed by atoms with van der Waals surface area (Å²) in [5, 5.41) is 3.46.